The zero-order valence-corrected chi connectivity index (χ0v) is 11.0. The number of anilines is 1. The standard InChI is InChI=1S/C13H19N3O2/c1-8-6-11(14)10(7-15-8)13(17)16(3)12-4-5-18-9(12)2/h6-7,9,12H,4-5H2,1-3H3,(H2,14,15). The molecule has 0 saturated carbocycles. The van der Waals surface area contributed by atoms with Crippen molar-refractivity contribution in [3.05, 3.63) is 23.5 Å². The van der Waals surface area contributed by atoms with E-state index in [1.165, 1.54) is 0 Å². The fourth-order valence-corrected chi connectivity index (χ4v) is 2.33. The van der Waals surface area contributed by atoms with Crippen molar-refractivity contribution in [3.63, 3.8) is 0 Å². The predicted octanol–water partition coefficient (Wildman–Crippen LogP) is 1.22. The number of nitrogens with two attached hydrogens (primary N) is 1. The Balaban J connectivity index is 2.20. The minimum absolute atomic E-state index is 0.0681. The summed E-state index contributed by atoms with van der Waals surface area (Å²) in [5.74, 6) is -0.0950. The highest BCUT2D eigenvalue weighted by Crippen LogP contribution is 2.21. The molecule has 2 heterocycles. The third-order valence-electron chi connectivity index (χ3n) is 3.46. The van der Waals surface area contributed by atoms with Gasteiger partial charge in [-0.2, -0.15) is 0 Å². The van der Waals surface area contributed by atoms with Gasteiger partial charge in [0.25, 0.3) is 5.91 Å². The van der Waals surface area contributed by atoms with Crippen LogP contribution in [0.2, 0.25) is 0 Å². The molecule has 2 rings (SSSR count). The molecule has 18 heavy (non-hydrogen) atoms. The average Bonchev–Trinajstić information content (AvgIpc) is 2.74. The van der Waals surface area contributed by atoms with Crippen LogP contribution in [0.5, 0.6) is 0 Å². The maximum atomic E-state index is 12.4. The molecule has 2 unspecified atom stereocenters. The first-order valence-corrected chi connectivity index (χ1v) is 6.11. The van der Waals surface area contributed by atoms with Crippen LogP contribution in [-0.2, 0) is 4.74 Å². The number of amides is 1. The first-order valence-electron chi connectivity index (χ1n) is 6.11. The number of carbonyl (C=O) groups is 1. The molecule has 1 aliphatic rings. The third-order valence-corrected chi connectivity index (χ3v) is 3.46. The molecule has 0 bridgehead atoms. The van der Waals surface area contributed by atoms with Gasteiger partial charge in [-0.15, -0.1) is 0 Å². The zero-order chi connectivity index (χ0) is 13.3. The van der Waals surface area contributed by atoms with Gasteiger partial charge in [0.05, 0.1) is 17.7 Å². The van der Waals surface area contributed by atoms with Gasteiger partial charge in [-0.05, 0) is 26.3 Å². The van der Waals surface area contributed by atoms with Gasteiger partial charge in [0.1, 0.15) is 0 Å². The quantitative estimate of drug-likeness (QED) is 0.855. The van der Waals surface area contributed by atoms with E-state index in [9.17, 15) is 4.79 Å². The SMILES string of the molecule is Cc1cc(N)c(C(=O)N(C)C2CCOC2C)cn1. The minimum atomic E-state index is -0.0950. The summed E-state index contributed by atoms with van der Waals surface area (Å²) >= 11 is 0. The first-order chi connectivity index (χ1) is 8.50. The van der Waals surface area contributed by atoms with E-state index in [2.05, 4.69) is 4.98 Å². The van der Waals surface area contributed by atoms with Crippen molar-refractivity contribution in [2.45, 2.75) is 32.4 Å². The second kappa shape index (κ2) is 4.94. The Morgan fingerprint density at radius 3 is 2.89 bits per heavy atom. The molecule has 1 aromatic rings. The number of ether oxygens (including phenoxy) is 1. The Hall–Kier alpha value is -1.62. The van der Waals surface area contributed by atoms with Crippen LogP contribution < -0.4 is 5.73 Å². The molecule has 2 N–H and O–H groups in total. The number of carbonyl (C=O) groups excluding carboxylic acids is 1. The van der Waals surface area contributed by atoms with Crippen LogP contribution >= 0.6 is 0 Å². The van der Waals surface area contributed by atoms with Crippen LogP contribution in [0.4, 0.5) is 5.69 Å². The molecular formula is C13H19N3O2. The van der Waals surface area contributed by atoms with Crippen molar-refractivity contribution in [1.29, 1.82) is 0 Å². The van der Waals surface area contributed by atoms with Gasteiger partial charge in [0.15, 0.2) is 0 Å². The summed E-state index contributed by atoms with van der Waals surface area (Å²) in [4.78, 5) is 18.2. The monoisotopic (exact) mass is 249 g/mol. The number of rotatable bonds is 2. The van der Waals surface area contributed by atoms with Gasteiger partial charge in [0.2, 0.25) is 0 Å². The third kappa shape index (κ3) is 2.31. The molecule has 1 amide bonds. The summed E-state index contributed by atoms with van der Waals surface area (Å²) in [5, 5.41) is 0. The normalized spacial score (nSPS) is 23.1. The maximum Gasteiger partial charge on any atom is 0.257 e. The molecule has 0 radical (unpaired) electrons. The molecule has 0 spiro atoms. The van der Waals surface area contributed by atoms with Crippen molar-refractivity contribution >= 4 is 11.6 Å². The Morgan fingerprint density at radius 2 is 2.33 bits per heavy atom. The molecule has 98 valence electrons. The predicted molar refractivity (Wildman–Crippen MR) is 69.3 cm³/mol. The Bertz CT molecular complexity index is 462. The second-order valence-electron chi connectivity index (χ2n) is 4.76. The van der Waals surface area contributed by atoms with Crippen molar-refractivity contribution in [2.24, 2.45) is 0 Å². The van der Waals surface area contributed by atoms with E-state index in [4.69, 9.17) is 10.5 Å². The topological polar surface area (TPSA) is 68.5 Å². The summed E-state index contributed by atoms with van der Waals surface area (Å²) in [6, 6.07) is 1.83. The first kappa shape index (κ1) is 12.8. The van der Waals surface area contributed by atoms with E-state index < -0.39 is 0 Å². The van der Waals surface area contributed by atoms with Crippen molar-refractivity contribution in [2.75, 3.05) is 19.4 Å². The summed E-state index contributed by atoms with van der Waals surface area (Å²) in [6.45, 7) is 4.53. The van der Waals surface area contributed by atoms with Crippen LogP contribution in [0.25, 0.3) is 0 Å². The van der Waals surface area contributed by atoms with Crippen molar-refractivity contribution in [1.82, 2.24) is 9.88 Å². The zero-order valence-electron chi connectivity index (χ0n) is 11.0. The maximum absolute atomic E-state index is 12.4. The molecule has 1 fully saturated rings. The summed E-state index contributed by atoms with van der Waals surface area (Å²) < 4.78 is 5.48. The Labute approximate surface area is 107 Å². The van der Waals surface area contributed by atoms with Gasteiger partial charge < -0.3 is 15.4 Å². The number of nitrogen functional groups attached to an aromatic ring is 1. The fourth-order valence-electron chi connectivity index (χ4n) is 2.33. The molecule has 0 aromatic carbocycles. The van der Waals surface area contributed by atoms with Crippen LogP contribution in [-0.4, -0.2) is 41.6 Å². The Kier molecular flexibility index (Phi) is 3.52. The fraction of sp³-hybridized carbons (Fsp3) is 0.538. The van der Waals surface area contributed by atoms with E-state index in [1.807, 2.05) is 13.8 Å². The summed E-state index contributed by atoms with van der Waals surface area (Å²) in [5.41, 5.74) is 7.62. The molecule has 0 aliphatic carbocycles. The van der Waals surface area contributed by atoms with Gasteiger partial charge >= 0.3 is 0 Å². The van der Waals surface area contributed by atoms with E-state index >= 15 is 0 Å². The van der Waals surface area contributed by atoms with Gasteiger partial charge in [0, 0.05) is 31.2 Å². The van der Waals surface area contributed by atoms with Gasteiger partial charge in [-0.3, -0.25) is 9.78 Å². The molecule has 5 heteroatoms. The van der Waals surface area contributed by atoms with Gasteiger partial charge in [-0.1, -0.05) is 0 Å². The Morgan fingerprint density at radius 1 is 1.61 bits per heavy atom. The van der Waals surface area contributed by atoms with E-state index in [0.717, 1.165) is 12.1 Å². The number of nitrogens with zero attached hydrogens (tertiary/aromatic N) is 2. The minimum Gasteiger partial charge on any atom is -0.398 e. The molecule has 2 atom stereocenters. The lowest BCUT2D eigenvalue weighted by Crippen LogP contribution is -2.41. The largest absolute Gasteiger partial charge is 0.398 e. The van der Waals surface area contributed by atoms with Gasteiger partial charge in [-0.25, -0.2) is 0 Å². The van der Waals surface area contributed by atoms with E-state index in [-0.39, 0.29) is 18.1 Å². The van der Waals surface area contributed by atoms with E-state index in [1.54, 1.807) is 24.2 Å². The molecule has 1 saturated heterocycles. The molecule has 1 aromatic heterocycles. The lowest BCUT2D eigenvalue weighted by molar-refractivity contribution is 0.0575. The lowest BCUT2D eigenvalue weighted by atomic mass is 10.1. The number of hydrogen-bond acceptors (Lipinski definition) is 4. The van der Waals surface area contributed by atoms with Crippen LogP contribution in [0, 0.1) is 6.92 Å². The van der Waals surface area contributed by atoms with Crippen molar-refractivity contribution < 1.29 is 9.53 Å². The number of pyridine rings is 1. The number of hydrogen-bond donors (Lipinski definition) is 1. The van der Waals surface area contributed by atoms with Crippen LogP contribution in [0.3, 0.4) is 0 Å². The summed E-state index contributed by atoms with van der Waals surface area (Å²) in [6.07, 6.45) is 2.48. The number of likely N-dealkylation sites (N-methyl/N-ethyl adjacent to an activating group) is 1. The average molecular weight is 249 g/mol. The highest BCUT2D eigenvalue weighted by Gasteiger charge is 2.31. The van der Waals surface area contributed by atoms with Crippen LogP contribution in [0.15, 0.2) is 12.3 Å². The summed E-state index contributed by atoms with van der Waals surface area (Å²) in [7, 11) is 1.79. The number of aromatic nitrogens is 1. The van der Waals surface area contributed by atoms with E-state index in [0.29, 0.717) is 17.9 Å². The second-order valence-corrected chi connectivity index (χ2v) is 4.76. The molecular weight excluding hydrogens is 230 g/mol. The molecule has 5 nitrogen and oxygen atoms in total. The highest BCUT2D eigenvalue weighted by atomic mass is 16.5. The highest BCUT2D eigenvalue weighted by molar-refractivity contribution is 5.98. The molecule has 1 aliphatic heterocycles. The number of aryl methyl sites for hydroxylation is 1. The lowest BCUT2D eigenvalue weighted by Gasteiger charge is -2.27. The smallest absolute Gasteiger partial charge is 0.257 e. The van der Waals surface area contributed by atoms with Crippen molar-refractivity contribution in [3.8, 4) is 0 Å². The van der Waals surface area contributed by atoms with Crippen LogP contribution in [0.1, 0.15) is 29.4 Å².